The summed E-state index contributed by atoms with van der Waals surface area (Å²) in [5.41, 5.74) is 1.16. The summed E-state index contributed by atoms with van der Waals surface area (Å²) in [5.74, 6) is 0.588. The lowest BCUT2D eigenvalue weighted by Gasteiger charge is -2.55. The van der Waals surface area contributed by atoms with E-state index in [2.05, 4.69) is 23.5 Å². The molecule has 1 aliphatic carbocycles. The average molecular weight is 308 g/mol. The van der Waals surface area contributed by atoms with Gasteiger partial charge in [-0.15, -0.1) is 0 Å². The third-order valence-corrected chi connectivity index (χ3v) is 6.87. The van der Waals surface area contributed by atoms with Crippen molar-refractivity contribution in [3.63, 3.8) is 0 Å². The zero-order valence-electron chi connectivity index (χ0n) is 13.1. The zero-order valence-corrected chi connectivity index (χ0v) is 13.9. The zero-order chi connectivity index (χ0) is 15.3. The molecule has 1 saturated heterocycles. The van der Waals surface area contributed by atoms with Gasteiger partial charge in [0.2, 0.25) is 0 Å². The molecule has 0 aromatic heterocycles. The number of benzene rings is 1. The van der Waals surface area contributed by atoms with Gasteiger partial charge in [-0.05, 0) is 24.6 Å². The Kier molecular flexibility index (Phi) is 3.53. The lowest BCUT2D eigenvalue weighted by molar-refractivity contribution is -0.0923. The normalized spacial score (nSPS) is 32.7. The number of anilines is 1. The van der Waals surface area contributed by atoms with Crippen molar-refractivity contribution in [3.05, 3.63) is 24.3 Å². The Morgan fingerprint density at radius 1 is 1.43 bits per heavy atom. The highest BCUT2D eigenvalue weighted by atomic mass is 32.2. The van der Waals surface area contributed by atoms with Gasteiger partial charge in [-0.25, -0.2) is 8.57 Å². The average Bonchev–Trinajstić information content (AvgIpc) is 2.92. The molecule has 1 heterocycles. The highest BCUT2D eigenvalue weighted by molar-refractivity contribution is 7.93. The fourth-order valence-corrected chi connectivity index (χ4v) is 4.61. The van der Waals surface area contributed by atoms with Gasteiger partial charge < -0.3 is 10.1 Å². The topological polar surface area (TPSA) is 50.7 Å². The van der Waals surface area contributed by atoms with Gasteiger partial charge in [-0.1, -0.05) is 19.9 Å². The third kappa shape index (κ3) is 2.36. The first-order valence-corrected chi connectivity index (χ1v) is 9.37. The van der Waals surface area contributed by atoms with E-state index in [9.17, 15) is 4.21 Å². The van der Waals surface area contributed by atoms with Crippen LogP contribution in [0.5, 0.6) is 0 Å². The monoisotopic (exact) mass is 308 g/mol. The quantitative estimate of drug-likeness (QED) is 0.934. The van der Waals surface area contributed by atoms with Crippen molar-refractivity contribution in [1.29, 1.82) is 0 Å². The fraction of sp³-hybridized carbons (Fsp3) is 0.625. The molecule has 0 spiro atoms. The van der Waals surface area contributed by atoms with E-state index in [4.69, 9.17) is 4.74 Å². The van der Waals surface area contributed by atoms with Crippen LogP contribution < -0.4 is 5.32 Å². The van der Waals surface area contributed by atoms with Gasteiger partial charge in [-0.3, -0.25) is 0 Å². The number of fused-ring (bicyclic) bond motifs is 1. The molecule has 2 aliphatic rings. The van der Waals surface area contributed by atoms with Crippen molar-refractivity contribution in [1.82, 2.24) is 0 Å². The summed E-state index contributed by atoms with van der Waals surface area (Å²) in [4.78, 5) is 0.784. The first-order valence-electron chi connectivity index (χ1n) is 7.45. The molecule has 21 heavy (non-hydrogen) atoms. The smallest absolute Gasteiger partial charge is 0.0721 e. The van der Waals surface area contributed by atoms with E-state index in [1.54, 1.807) is 13.3 Å². The Hall–Kier alpha value is -1.07. The highest BCUT2D eigenvalue weighted by Gasteiger charge is 2.59. The summed E-state index contributed by atoms with van der Waals surface area (Å²) < 4.78 is 22.2. The molecule has 0 bridgehead atoms. The molecule has 0 amide bonds. The first-order chi connectivity index (χ1) is 9.86. The molecule has 3 rings (SSSR count). The fourth-order valence-electron chi connectivity index (χ4n) is 3.72. The maximum Gasteiger partial charge on any atom is 0.0721 e. The van der Waals surface area contributed by atoms with Crippen molar-refractivity contribution in [2.24, 2.45) is 15.7 Å². The molecule has 116 valence electrons. The Morgan fingerprint density at radius 3 is 2.90 bits per heavy atom. The minimum Gasteiger partial charge on any atom is -0.381 e. The molecule has 1 aromatic rings. The molecule has 1 saturated carbocycles. The SMILES string of the molecule is CN=S(C)(=O)c1cccc(NC2[C@@H]3CCO[C@@H]3C2(C)C)c1. The van der Waals surface area contributed by atoms with Gasteiger partial charge in [0.15, 0.2) is 0 Å². The largest absolute Gasteiger partial charge is 0.381 e. The van der Waals surface area contributed by atoms with E-state index in [0.29, 0.717) is 18.1 Å². The summed E-state index contributed by atoms with van der Waals surface area (Å²) in [6.45, 7) is 5.38. The number of ether oxygens (including phenoxy) is 1. The van der Waals surface area contributed by atoms with Gasteiger partial charge in [0, 0.05) is 47.9 Å². The minimum atomic E-state index is -2.28. The molecule has 5 heteroatoms. The van der Waals surface area contributed by atoms with E-state index < -0.39 is 9.73 Å². The summed E-state index contributed by atoms with van der Waals surface area (Å²) in [6.07, 6.45) is 3.18. The van der Waals surface area contributed by atoms with E-state index in [-0.39, 0.29) is 5.41 Å². The van der Waals surface area contributed by atoms with Crippen LogP contribution in [0.2, 0.25) is 0 Å². The maximum atomic E-state index is 12.4. The number of nitrogens with zero attached hydrogens (tertiary/aromatic N) is 1. The van der Waals surface area contributed by atoms with Crippen LogP contribution in [0, 0.1) is 11.3 Å². The Labute approximate surface area is 127 Å². The van der Waals surface area contributed by atoms with Gasteiger partial charge in [-0.2, -0.15) is 0 Å². The predicted octanol–water partition coefficient (Wildman–Crippen LogP) is 3.00. The second kappa shape index (κ2) is 4.99. The Morgan fingerprint density at radius 2 is 2.19 bits per heavy atom. The van der Waals surface area contributed by atoms with Crippen molar-refractivity contribution in [3.8, 4) is 0 Å². The number of nitrogens with one attached hydrogen (secondary N) is 1. The number of rotatable bonds is 3. The molecule has 0 radical (unpaired) electrons. The standard InChI is InChI=1S/C16H24N2O2S/c1-16(2)14(13-8-9-20-15(13)16)18-11-6-5-7-12(10-11)21(4,19)17-3/h5-7,10,13-15,18H,8-9H2,1-4H3/t13-,14?,15-,21?/m0/s1. The molecule has 2 unspecified atom stereocenters. The lowest BCUT2D eigenvalue weighted by Crippen LogP contribution is -2.63. The predicted molar refractivity (Wildman–Crippen MR) is 86.2 cm³/mol. The number of hydrogen-bond donors (Lipinski definition) is 1. The van der Waals surface area contributed by atoms with Crippen molar-refractivity contribution >= 4 is 15.4 Å². The van der Waals surface area contributed by atoms with Crippen LogP contribution in [0.25, 0.3) is 0 Å². The molecule has 1 aliphatic heterocycles. The third-order valence-electron chi connectivity index (χ3n) is 5.04. The summed E-state index contributed by atoms with van der Waals surface area (Å²) in [6, 6.07) is 8.24. The van der Waals surface area contributed by atoms with Crippen LogP contribution >= 0.6 is 0 Å². The van der Waals surface area contributed by atoms with Gasteiger partial charge in [0.25, 0.3) is 0 Å². The second-order valence-electron chi connectivity index (χ2n) is 6.70. The van der Waals surface area contributed by atoms with Gasteiger partial charge >= 0.3 is 0 Å². The van der Waals surface area contributed by atoms with E-state index in [1.165, 1.54) is 0 Å². The van der Waals surface area contributed by atoms with Crippen molar-refractivity contribution in [2.45, 2.75) is 37.3 Å². The summed E-state index contributed by atoms with van der Waals surface area (Å²) in [7, 11) is -0.672. The molecular weight excluding hydrogens is 284 g/mol. The van der Waals surface area contributed by atoms with Crippen molar-refractivity contribution in [2.75, 3.05) is 25.2 Å². The Bertz CT molecular complexity index is 662. The van der Waals surface area contributed by atoms with Crippen LogP contribution in [0.4, 0.5) is 5.69 Å². The van der Waals surface area contributed by atoms with Crippen LogP contribution in [0.1, 0.15) is 20.3 Å². The molecule has 4 atom stereocenters. The maximum absolute atomic E-state index is 12.4. The molecule has 2 fully saturated rings. The van der Waals surface area contributed by atoms with Gasteiger partial charge in [0.05, 0.1) is 15.8 Å². The summed E-state index contributed by atoms with van der Waals surface area (Å²) in [5, 5.41) is 3.63. The van der Waals surface area contributed by atoms with E-state index in [1.807, 2.05) is 24.3 Å². The van der Waals surface area contributed by atoms with Crippen molar-refractivity contribution < 1.29 is 8.95 Å². The molecule has 1 N–H and O–H groups in total. The Balaban J connectivity index is 1.83. The molecule has 1 aromatic carbocycles. The molecular formula is C16H24N2O2S. The van der Waals surface area contributed by atoms with Crippen LogP contribution in [-0.2, 0) is 14.5 Å². The van der Waals surface area contributed by atoms with Crippen LogP contribution in [0.15, 0.2) is 33.5 Å². The summed E-state index contributed by atoms with van der Waals surface area (Å²) >= 11 is 0. The first kappa shape index (κ1) is 14.9. The van der Waals surface area contributed by atoms with Gasteiger partial charge in [0.1, 0.15) is 0 Å². The van der Waals surface area contributed by atoms with Crippen LogP contribution in [-0.4, -0.2) is 36.3 Å². The lowest BCUT2D eigenvalue weighted by atomic mass is 9.57. The van der Waals surface area contributed by atoms with E-state index in [0.717, 1.165) is 23.6 Å². The number of hydrogen-bond acceptors (Lipinski definition) is 4. The minimum absolute atomic E-state index is 0.139. The highest BCUT2D eigenvalue weighted by Crippen LogP contribution is 2.53. The second-order valence-corrected chi connectivity index (χ2v) is 9.14. The van der Waals surface area contributed by atoms with Crippen LogP contribution in [0.3, 0.4) is 0 Å². The van der Waals surface area contributed by atoms with E-state index >= 15 is 0 Å². The molecule has 4 nitrogen and oxygen atoms in total.